The molecule has 0 fully saturated rings. The molecule has 1 N–H and O–H groups in total. The number of esters is 1. The number of nitrogens with zero attached hydrogens (tertiary/aromatic N) is 2. The molecule has 3 aromatic heterocycles. The van der Waals surface area contributed by atoms with Crippen LogP contribution in [0.25, 0.3) is 32.6 Å². The van der Waals surface area contributed by atoms with Crippen molar-refractivity contribution in [2.45, 2.75) is 59.1 Å². The molecule has 0 radical (unpaired) electrons. The lowest BCUT2D eigenvalue weighted by molar-refractivity contribution is -0.133. The van der Waals surface area contributed by atoms with Gasteiger partial charge in [-0.1, -0.05) is 26.8 Å². The minimum atomic E-state index is -1.07. The summed E-state index contributed by atoms with van der Waals surface area (Å²) in [6.45, 7) is 11.8. The van der Waals surface area contributed by atoms with E-state index in [2.05, 4.69) is 37.5 Å². The molecule has 5 rings (SSSR count). The van der Waals surface area contributed by atoms with E-state index in [-0.39, 0.29) is 11.3 Å². The van der Waals surface area contributed by atoms with Gasteiger partial charge in [-0.2, -0.15) is 0 Å². The maximum Gasteiger partial charge on any atom is 0.308 e. The van der Waals surface area contributed by atoms with E-state index in [1.165, 1.54) is 6.92 Å². The molecule has 0 aliphatic heterocycles. The lowest BCUT2D eigenvalue weighted by Gasteiger charge is -2.24. The number of thiazole rings is 1. The first-order valence-electron chi connectivity index (χ1n) is 13.1. The van der Waals surface area contributed by atoms with Crippen LogP contribution in [-0.2, 0) is 21.5 Å². The molecule has 9 heteroatoms. The van der Waals surface area contributed by atoms with Crippen molar-refractivity contribution in [3.8, 4) is 22.3 Å². The van der Waals surface area contributed by atoms with Gasteiger partial charge in [0.25, 0.3) is 5.91 Å². The number of likely N-dealkylation sites (N-methyl/N-ethyl adjacent to an activating group) is 1. The summed E-state index contributed by atoms with van der Waals surface area (Å²) in [5.74, 6) is 1.02. The molecule has 0 unspecified atom stereocenters. The molecule has 0 atom stereocenters. The molecule has 5 aromatic rings. The topological polar surface area (TPSA) is 95.6 Å². The van der Waals surface area contributed by atoms with Crippen molar-refractivity contribution in [2.75, 3.05) is 7.05 Å². The number of hydrogen-bond donors (Lipinski definition) is 1. The van der Waals surface area contributed by atoms with Crippen molar-refractivity contribution in [2.24, 2.45) is 0 Å². The van der Waals surface area contributed by atoms with Gasteiger partial charge in [-0.25, -0.2) is 4.98 Å². The highest BCUT2D eigenvalue weighted by Gasteiger charge is 2.29. The van der Waals surface area contributed by atoms with Crippen molar-refractivity contribution in [3.05, 3.63) is 65.3 Å². The van der Waals surface area contributed by atoms with Crippen molar-refractivity contribution in [1.29, 1.82) is 0 Å². The summed E-state index contributed by atoms with van der Waals surface area (Å²) in [5.41, 5.74) is 2.67. The minimum absolute atomic E-state index is 0.0222. The number of carbonyl (C=O) groups is 2. The number of amides is 1. The Balaban J connectivity index is 1.46. The van der Waals surface area contributed by atoms with E-state index >= 15 is 0 Å². The second-order valence-electron chi connectivity index (χ2n) is 11.4. The van der Waals surface area contributed by atoms with Crippen LogP contribution in [0, 0.1) is 0 Å². The Morgan fingerprint density at radius 2 is 1.85 bits per heavy atom. The number of aromatic nitrogens is 2. The smallest absolute Gasteiger partial charge is 0.308 e. The normalized spacial score (nSPS) is 12.2. The van der Waals surface area contributed by atoms with Gasteiger partial charge in [-0.05, 0) is 55.8 Å². The molecule has 2 aromatic carbocycles. The lowest BCUT2D eigenvalue weighted by atomic mass is 9.93. The SMILES string of the molecule is CNC(=O)C(C)(C)Oc1ccc2c(c1)c(OC(C)=O)cn2Cc1ccc2oc(-c3nc(C(C)(C)C)cs3)cc2c1. The number of hydrogen-bond acceptors (Lipinski definition) is 7. The van der Waals surface area contributed by atoms with Crippen LogP contribution >= 0.6 is 11.3 Å². The van der Waals surface area contributed by atoms with Gasteiger partial charge in [-0.3, -0.25) is 9.59 Å². The Hall–Kier alpha value is -4.11. The van der Waals surface area contributed by atoms with Gasteiger partial charge in [0.15, 0.2) is 22.1 Å². The fraction of sp³-hybridized carbons (Fsp3) is 0.323. The molecular weight excluding hydrogens is 526 g/mol. The summed E-state index contributed by atoms with van der Waals surface area (Å²) in [6, 6.07) is 13.6. The molecule has 0 saturated carbocycles. The van der Waals surface area contributed by atoms with Gasteiger partial charge in [0.05, 0.1) is 11.2 Å². The summed E-state index contributed by atoms with van der Waals surface area (Å²) in [4.78, 5) is 28.9. The maximum absolute atomic E-state index is 12.2. The van der Waals surface area contributed by atoms with Gasteiger partial charge in [0.2, 0.25) is 0 Å². The zero-order valence-corrected chi connectivity index (χ0v) is 24.6. The van der Waals surface area contributed by atoms with E-state index in [0.29, 0.717) is 23.4 Å². The first kappa shape index (κ1) is 27.5. The predicted molar refractivity (Wildman–Crippen MR) is 157 cm³/mol. The maximum atomic E-state index is 12.2. The summed E-state index contributed by atoms with van der Waals surface area (Å²) in [5, 5.41) is 7.27. The Morgan fingerprint density at radius 1 is 1.07 bits per heavy atom. The van der Waals surface area contributed by atoms with Crippen LogP contribution in [0.1, 0.15) is 52.8 Å². The van der Waals surface area contributed by atoms with Crippen LogP contribution in [0.4, 0.5) is 0 Å². The summed E-state index contributed by atoms with van der Waals surface area (Å²) in [7, 11) is 1.57. The first-order valence-corrected chi connectivity index (χ1v) is 13.9. The molecule has 1 amide bonds. The van der Waals surface area contributed by atoms with E-state index in [0.717, 1.165) is 38.5 Å². The van der Waals surface area contributed by atoms with Gasteiger partial charge in [-0.15, -0.1) is 11.3 Å². The van der Waals surface area contributed by atoms with E-state index < -0.39 is 11.6 Å². The van der Waals surface area contributed by atoms with E-state index in [1.807, 2.05) is 41.1 Å². The number of fused-ring (bicyclic) bond motifs is 2. The highest BCUT2D eigenvalue weighted by molar-refractivity contribution is 7.13. The standard InChI is InChI=1S/C31H33N3O5S/c1-18(35)37-26-16-34(23-10-9-21(14-22(23)26)39-31(5,6)29(36)32-7)15-19-8-11-24-20(12-19)13-25(38-24)28-33-27(17-40-28)30(2,3)4/h8-14,16-17H,15H2,1-7H3,(H,32,36). The minimum Gasteiger partial charge on any atom is -0.478 e. The van der Waals surface area contributed by atoms with Crippen LogP contribution < -0.4 is 14.8 Å². The average molecular weight is 560 g/mol. The summed E-state index contributed by atoms with van der Waals surface area (Å²) in [6.07, 6.45) is 1.81. The Morgan fingerprint density at radius 3 is 2.52 bits per heavy atom. The molecule has 3 heterocycles. The molecule has 0 aliphatic rings. The fourth-order valence-electron chi connectivity index (χ4n) is 4.54. The highest BCUT2D eigenvalue weighted by Crippen LogP contribution is 2.35. The third-order valence-corrected chi connectivity index (χ3v) is 7.49. The molecule has 8 nitrogen and oxygen atoms in total. The van der Waals surface area contributed by atoms with Crippen molar-refractivity contribution >= 4 is 45.1 Å². The third kappa shape index (κ3) is 5.47. The monoisotopic (exact) mass is 559 g/mol. The lowest BCUT2D eigenvalue weighted by Crippen LogP contribution is -2.45. The second-order valence-corrected chi connectivity index (χ2v) is 12.2. The second kappa shape index (κ2) is 10.1. The molecule has 40 heavy (non-hydrogen) atoms. The molecule has 0 bridgehead atoms. The Labute approximate surface area is 236 Å². The molecule has 208 valence electrons. The summed E-state index contributed by atoms with van der Waals surface area (Å²) >= 11 is 1.58. The number of nitrogens with one attached hydrogen (secondary N) is 1. The fourth-order valence-corrected chi connectivity index (χ4v) is 5.54. The molecule has 0 saturated heterocycles. The zero-order chi connectivity index (χ0) is 28.8. The molecule has 0 spiro atoms. The van der Waals surface area contributed by atoms with Crippen molar-refractivity contribution in [3.63, 3.8) is 0 Å². The summed E-state index contributed by atoms with van der Waals surface area (Å²) < 4.78 is 19.7. The highest BCUT2D eigenvalue weighted by atomic mass is 32.1. The first-order chi connectivity index (χ1) is 18.8. The Bertz CT molecular complexity index is 1730. The number of ether oxygens (including phenoxy) is 2. The number of rotatable bonds is 7. The zero-order valence-electron chi connectivity index (χ0n) is 23.7. The van der Waals surface area contributed by atoms with Crippen LogP contribution in [0.3, 0.4) is 0 Å². The molecular formula is C31H33N3O5S. The van der Waals surface area contributed by atoms with E-state index in [1.54, 1.807) is 38.3 Å². The Kier molecular flexibility index (Phi) is 6.95. The van der Waals surface area contributed by atoms with Gasteiger partial charge < -0.3 is 23.8 Å². The average Bonchev–Trinajstić information content (AvgIpc) is 3.60. The largest absolute Gasteiger partial charge is 0.478 e. The van der Waals surface area contributed by atoms with Crippen LogP contribution in [0.5, 0.6) is 11.5 Å². The van der Waals surface area contributed by atoms with Crippen LogP contribution in [0.2, 0.25) is 0 Å². The van der Waals surface area contributed by atoms with E-state index in [9.17, 15) is 9.59 Å². The van der Waals surface area contributed by atoms with Crippen LogP contribution in [0.15, 0.2) is 58.5 Å². The predicted octanol–water partition coefficient (Wildman–Crippen LogP) is 6.69. The van der Waals surface area contributed by atoms with Gasteiger partial charge in [0, 0.05) is 48.3 Å². The van der Waals surface area contributed by atoms with E-state index in [4.69, 9.17) is 18.9 Å². The molecule has 0 aliphatic carbocycles. The number of carbonyl (C=O) groups excluding carboxylic acids is 2. The number of benzene rings is 2. The van der Waals surface area contributed by atoms with Gasteiger partial charge >= 0.3 is 5.97 Å². The van der Waals surface area contributed by atoms with Crippen molar-refractivity contribution < 1.29 is 23.5 Å². The third-order valence-electron chi connectivity index (χ3n) is 6.63. The van der Waals surface area contributed by atoms with Crippen molar-refractivity contribution in [1.82, 2.24) is 14.9 Å². The number of furan rings is 1. The van der Waals surface area contributed by atoms with Crippen LogP contribution in [-0.4, -0.2) is 34.1 Å². The quantitative estimate of drug-likeness (QED) is 0.223. The van der Waals surface area contributed by atoms with Gasteiger partial charge in [0.1, 0.15) is 11.3 Å².